The molecule has 1 amide bonds. The number of nitrogens with one attached hydrogen (secondary N) is 1. The highest BCUT2D eigenvalue weighted by Crippen LogP contribution is 2.07. The Morgan fingerprint density at radius 1 is 1.00 bits per heavy atom. The fourth-order valence-electron chi connectivity index (χ4n) is 1.52. The third-order valence-electron chi connectivity index (χ3n) is 2.50. The van der Waals surface area contributed by atoms with Crippen molar-refractivity contribution >= 4 is 5.91 Å². The van der Waals surface area contributed by atoms with Crippen molar-refractivity contribution in [2.75, 3.05) is 0 Å². The molecule has 0 spiro atoms. The van der Waals surface area contributed by atoms with Crippen molar-refractivity contribution in [2.24, 2.45) is 0 Å². The molecule has 2 aromatic carbocycles. The third kappa shape index (κ3) is 2.91. The quantitative estimate of drug-likeness (QED) is 0.887. The van der Waals surface area contributed by atoms with E-state index in [0.29, 0.717) is 11.1 Å². The molecule has 2 nitrogen and oxygen atoms in total. The predicted octanol–water partition coefficient (Wildman–Crippen LogP) is 2.89. The highest BCUT2D eigenvalue weighted by molar-refractivity contribution is 5.94. The smallest absolute Gasteiger partial charge is 0.251 e. The van der Waals surface area contributed by atoms with Crippen molar-refractivity contribution in [3.63, 3.8) is 0 Å². The van der Waals surface area contributed by atoms with E-state index in [2.05, 4.69) is 5.32 Å². The number of hydrogen-bond donors (Lipinski definition) is 1. The lowest BCUT2D eigenvalue weighted by Crippen LogP contribution is -2.23. The van der Waals surface area contributed by atoms with Crippen LogP contribution in [0.3, 0.4) is 0 Å². The molecule has 18 heavy (non-hydrogen) atoms. The minimum absolute atomic E-state index is 0.100. The van der Waals surface area contributed by atoms with Crippen LogP contribution in [0.1, 0.15) is 15.9 Å². The Kier molecular flexibility index (Phi) is 3.67. The largest absolute Gasteiger partial charge is 0.348 e. The van der Waals surface area contributed by atoms with Crippen LogP contribution in [0.2, 0.25) is 0 Å². The molecular formula is C14H11F2NO. The van der Waals surface area contributed by atoms with Crippen LogP contribution in [0.25, 0.3) is 0 Å². The van der Waals surface area contributed by atoms with Gasteiger partial charge in [-0.05, 0) is 30.3 Å². The zero-order chi connectivity index (χ0) is 13.0. The number of halogens is 2. The highest BCUT2D eigenvalue weighted by atomic mass is 19.1. The zero-order valence-corrected chi connectivity index (χ0v) is 9.49. The van der Waals surface area contributed by atoms with Crippen LogP contribution >= 0.6 is 0 Å². The first-order chi connectivity index (χ1) is 8.66. The first-order valence-corrected chi connectivity index (χ1v) is 5.44. The molecule has 2 rings (SSSR count). The standard InChI is InChI=1S/C14H11F2NO/c15-12-7-5-10(6-8-12)14(18)17-9-11-3-1-2-4-13(11)16/h1-8H,9H2,(H,17,18). The Labute approximate surface area is 103 Å². The molecule has 0 saturated carbocycles. The fraction of sp³-hybridized carbons (Fsp3) is 0.0714. The lowest BCUT2D eigenvalue weighted by Gasteiger charge is -2.06. The van der Waals surface area contributed by atoms with Gasteiger partial charge in [-0.2, -0.15) is 0 Å². The SMILES string of the molecule is O=C(NCc1ccccc1F)c1ccc(F)cc1. The molecule has 92 valence electrons. The van der Waals surface area contributed by atoms with Crippen LogP contribution in [0.5, 0.6) is 0 Å². The molecule has 0 atom stereocenters. The van der Waals surface area contributed by atoms with Gasteiger partial charge in [-0.15, -0.1) is 0 Å². The number of carbonyl (C=O) groups excluding carboxylic acids is 1. The molecule has 1 N–H and O–H groups in total. The first kappa shape index (κ1) is 12.2. The maximum Gasteiger partial charge on any atom is 0.251 e. The molecule has 2 aromatic rings. The van der Waals surface area contributed by atoms with Gasteiger partial charge in [-0.1, -0.05) is 18.2 Å². The fourth-order valence-corrected chi connectivity index (χ4v) is 1.52. The summed E-state index contributed by atoms with van der Waals surface area (Å²) in [7, 11) is 0. The second kappa shape index (κ2) is 5.40. The summed E-state index contributed by atoms with van der Waals surface area (Å²) < 4.78 is 26.0. The first-order valence-electron chi connectivity index (χ1n) is 5.44. The van der Waals surface area contributed by atoms with E-state index >= 15 is 0 Å². The predicted molar refractivity (Wildman–Crippen MR) is 64.0 cm³/mol. The molecular weight excluding hydrogens is 236 g/mol. The summed E-state index contributed by atoms with van der Waals surface area (Å²) in [6.07, 6.45) is 0. The van der Waals surface area contributed by atoms with Gasteiger partial charge in [0.05, 0.1) is 0 Å². The van der Waals surface area contributed by atoms with Crippen molar-refractivity contribution < 1.29 is 13.6 Å². The van der Waals surface area contributed by atoms with Crippen molar-refractivity contribution in [1.29, 1.82) is 0 Å². The van der Waals surface area contributed by atoms with E-state index in [1.54, 1.807) is 18.2 Å². The molecule has 0 unspecified atom stereocenters. The minimum Gasteiger partial charge on any atom is -0.348 e. The molecule has 0 heterocycles. The summed E-state index contributed by atoms with van der Waals surface area (Å²) >= 11 is 0. The van der Waals surface area contributed by atoms with Crippen LogP contribution < -0.4 is 5.32 Å². The number of benzene rings is 2. The van der Waals surface area contributed by atoms with Crippen LogP contribution in [0.4, 0.5) is 8.78 Å². The van der Waals surface area contributed by atoms with E-state index in [0.717, 1.165) is 0 Å². The maximum atomic E-state index is 13.3. The zero-order valence-electron chi connectivity index (χ0n) is 9.49. The van der Waals surface area contributed by atoms with Crippen LogP contribution in [0, 0.1) is 11.6 Å². The van der Waals surface area contributed by atoms with Gasteiger partial charge in [0, 0.05) is 17.7 Å². The Balaban J connectivity index is 2.01. The topological polar surface area (TPSA) is 29.1 Å². The highest BCUT2D eigenvalue weighted by Gasteiger charge is 2.06. The average molecular weight is 247 g/mol. The van der Waals surface area contributed by atoms with Gasteiger partial charge in [0.1, 0.15) is 11.6 Å². The average Bonchev–Trinajstić information content (AvgIpc) is 2.38. The summed E-state index contributed by atoms with van der Waals surface area (Å²) in [5, 5.41) is 2.57. The summed E-state index contributed by atoms with van der Waals surface area (Å²) in [6.45, 7) is 0.100. The van der Waals surface area contributed by atoms with E-state index < -0.39 is 5.82 Å². The van der Waals surface area contributed by atoms with E-state index in [1.165, 1.54) is 30.3 Å². The molecule has 0 aliphatic carbocycles. The molecule has 4 heteroatoms. The number of rotatable bonds is 3. The lowest BCUT2D eigenvalue weighted by molar-refractivity contribution is 0.0950. The lowest BCUT2D eigenvalue weighted by atomic mass is 10.2. The van der Waals surface area contributed by atoms with Gasteiger partial charge < -0.3 is 5.32 Å². The molecule has 0 aliphatic heterocycles. The van der Waals surface area contributed by atoms with E-state index in [1.807, 2.05) is 0 Å². The van der Waals surface area contributed by atoms with E-state index in [4.69, 9.17) is 0 Å². The maximum absolute atomic E-state index is 13.3. The minimum atomic E-state index is -0.402. The van der Waals surface area contributed by atoms with Crippen molar-refractivity contribution in [2.45, 2.75) is 6.54 Å². The van der Waals surface area contributed by atoms with Gasteiger partial charge in [0.25, 0.3) is 5.91 Å². The van der Waals surface area contributed by atoms with E-state index in [9.17, 15) is 13.6 Å². The number of carbonyl (C=O) groups is 1. The molecule has 0 bridgehead atoms. The van der Waals surface area contributed by atoms with Gasteiger partial charge in [-0.3, -0.25) is 4.79 Å². The number of hydrogen-bond acceptors (Lipinski definition) is 1. The second-order valence-electron chi connectivity index (χ2n) is 3.78. The van der Waals surface area contributed by atoms with Crippen molar-refractivity contribution in [1.82, 2.24) is 5.32 Å². The van der Waals surface area contributed by atoms with Crippen molar-refractivity contribution in [3.05, 3.63) is 71.3 Å². The summed E-state index contributed by atoms with van der Waals surface area (Å²) in [4.78, 5) is 11.7. The Hall–Kier alpha value is -2.23. The van der Waals surface area contributed by atoms with Gasteiger partial charge in [0.2, 0.25) is 0 Å². The molecule has 0 aromatic heterocycles. The second-order valence-corrected chi connectivity index (χ2v) is 3.78. The monoisotopic (exact) mass is 247 g/mol. The third-order valence-corrected chi connectivity index (χ3v) is 2.50. The van der Waals surface area contributed by atoms with Crippen LogP contribution in [0.15, 0.2) is 48.5 Å². The molecule has 0 saturated heterocycles. The van der Waals surface area contributed by atoms with E-state index in [-0.39, 0.29) is 18.3 Å². The Morgan fingerprint density at radius 3 is 2.33 bits per heavy atom. The number of amides is 1. The summed E-state index contributed by atoms with van der Waals surface area (Å²) in [5.74, 6) is -1.13. The van der Waals surface area contributed by atoms with Gasteiger partial charge in [-0.25, -0.2) is 8.78 Å². The molecule has 0 radical (unpaired) electrons. The van der Waals surface area contributed by atoms with Gasteiger partial charge >= 0.3 is 0 Å². The van der Waals surface area contributed by atoms with Gasteiger partial charge in [0.15, 0.2) is 0 Å². The van der Waals surface area contributed by atoms with Crippen LogP contribution in [-0.2, 0) is 6.54 Å². The van der Waals surface area contributed by atoms with Crippen molar-refractivity contribution in [3.8, 4) is 0 Å². The normalized spacial score (nSPS) is 10.1. The summed E-state index contributed by atoms with van der Waals surface area (Å²) in [5.41, 5.74) is 0.751. The Bertz CT molecular complexity index is 552. The summed E-state index contributed by atoms with van der Waals surface area (Å²) in [6, 6.07) is 11.4. The Morgan fingerprint density at radius 2 is 1.67 bits per heavy atom. The molecule has 0 fully saturated rings. The molecule has 0 aliphatic rings. The van der Waals surface area contributed by atoms with Crippen LogP contribution in [-0.4, -0.2) is 5.91 Å².